The van der Waals surface area contributed by atoms with E-state index in [2.05, 4.69) is 5.32 Å². The number of aliphatic hydroxyl groups is 1. The number of carbonyl (C=O) groups is 1. The lowest BCUT2D eigenvalue weighted by molar-refractivity contribution is 0.188. The predicted molar refractivity (Wildman–Crippen MR) is 96.0 cm³/mol. The van der Waals surface area contributed by atoms with Crippen molar-refractivity contribution in [1.29, 1.82) is 0 Å². The van der Waals surface area contributed by atoms with Crippen molar-refractivity contribution in [2.24, 2.45) is 0 Å². The van der Waals surface area contributed by atoms with Crippen LogP contribution >= 0.6 is 0 Å². The van der Waals surface area contributed by atoms with Crippen LogP contribution in [0, 0.1) is 0 Å². The van der Waals surface area contributed by atoms with Crippen LogP contribution in [0.4, 0.5) is 10.5 Å². The van der Waals surface area contributed by atoms with Crippen molar-refractivity contribution in [2.45, 2.75) is 44.6 Å². The molecule has 2 amide bonds. The van der Waals surface area contributed by atoms with Gasteiger partial charge in [-0.25, -0.2) is 4.79 Å². The molecule has 23 heavy (non-hydrogen) atoms. The van der Waals surface area contributed by atoms with Crippen molar-refractivity contribution in [3.8, 4) is 0 Å². The van der Waals surface area contributed by atoms with Crippen LogP contribution < -0.4 is 5.32 Å². The van der Waals surface area contributed by atoms with Crippen molar-refractivity contribution in [2.75, 3.05) is 25.0 Å². The Morgan fingerprint density at radius 3 is 2.57 bits per heavy atom. The third kappa shape index (κ3) is 6.71. The molecule has 6 heteroatoms. The Kier molecular flexibility index (Phi) is 7.72. The molecule has 0 aliphatic rings. The Hall–Kier alpha value is -1.40. The Morgan fingerprint density at radius 1 is 1.30 bits per heavy atom. The minimum atomic E-state index is -0.980. The highest BCUT2D eigenvalue weighted by Crippen LogP contribution is 2.19. The molecule has 5 nitrogen and oxygen atoms in total. The highest BCUT2D eigenvalue weighted by atomic mass is 32.2. The molecule has 0 saturated heterocycles. The Bertz CT molecular complexity index is 535. The van der Waals surface area contributed by atoms with Gasteiger partial charge in [-0.05, 0) is 44.9 Å². The number of hydrogen-bond acceptors (Lipinski definition) is 3. The zero-order valence-corrected chi connectivity index (χ0v) is 15.3. The predicted octanol–water partition coefficient (Wildman–Crippen LogP) is 2.97. The van der Waals surface area contributed by atoms with Gasteiger partial charge in [0, 0.05) is 40.1 Å². The van der Waals surface area contributed by atoms with Gasteiger partial charge in [-0.1, -0.05) is 19.1 Å². The van der Waals surface area contributed by atoms with E-state index in [1.807, 2.05) is 52.0 Å². The highest BCUT2D eigenvalue weighted by molar-refractivity contribution is 7.85. The second-order valence-electron chi connectivity index (χ2n) is 6.44. The molecule has 1 rings (SSSR count). The lowest BCUT2D eigenvalue weighted by Crippen LogP contribution is -2.37. The van der Waals surface area contributed by atoms with Crippen LogP contribution in [0.5, 0.6) is 0 Å². The van der Waals surface area contributed by atoms with E-state index in [0.717, 1.165) is 12.0 Å². The van der Waals surface area contributed by atoms with Crippen molar-refractivity contribution >= 4 is 22.5 Å². The number of nitrogens with one attached hydrogen (secondary N) is 1. The highest BCUT2D eigenvalue weighted by Gasteiger charge is 2.19. The molecular formula is C17H28N2O3S. The average Bonchev–Trinajstić information content (AvgIpc) is 2.46. The van der Waals surface area contributed by atoms with E-state index in [1.165, 1.54) is 0 Å². The van der Waals surface area contributed by atoms with Gasteiger partial charge in [-0.3, -0.25) is 4.21 Å². The van der Waals surface area contributed by atoms with Gasteiger partial charge in [0.25, 0.3) is 0 Å². The summed E-state index contributed by atoms with van der Waals surface area (Å²) in [7, 11) is -0.980. The summed E-state index contributed by atoms with van der Waals surface area (Å²) in [5.41, 5.74) is 1.61. The summed E-state index contributed by atoms with van der Waals surface area (Å²) >= 11 is 0. The van der Waals surface area contributed by atoms with E-state index in [4.69, 9.17) is 5.11 Å². The summed E-state index contributed by atoms with van der Waals surface area (Å²) in [6.45, 7) is 8.69. The minimum Gasteiger partial charge on any atom is -0.395 e. The minimum absolute atomic E-state index is 0.0575. The zero-order chi connectivity index (χ0) is 17.5. The molecule has 0 spiro atoms. The van der Waals surface area contributed by atoms with E-state index in [1.54, 1.807) is 4.90 Å². The van der Waals surface area contributed by atoms with Gasteiger partial charge in [-0.2, -0.15) is 0 Å². The molecule has 1 unspecified atom stereocenters. The summed E-state index contributed by atoms with van der Waals surface area (Å²) in [5.74, 6) is 0.461. The van der Waals surface area contributed by atoms with Crippen LogP contribution in [0.25, 0.3) is 0 Å². The number of rotatable bonds is 7. The van der Waals surface area contributed by atoms with Crippen LogP contribution in [0.3, 0.4) is 0 Å². The van der Waals surface area contributed by atoms with E-state index in [9.17, 15) is 9.00 Å². The fraction of sp³-hybridized carbons (Fsp3) is 0.588. The molecule has 0 aromatic heterocycles. The fourth-order valence-electron chi connectivity index (χ4n) is 2.01. The normalized spacial score (nSPS) is 12.7. The van der Waals surface area contributed by atoms with Crippen molar-refractivity contribution < 1.29 is 14.1 Å². The third-order valence-electron chi connectivity index (χ3n) is 3.31. The number of urea groups is 1. The second-order valence-corrected chi connectivity index (χ2v) is 8.65. The van der Waals surface area contributed by atoms with Gasteiger partial charge in [0.1, 0.15) is 0 Å². The number of anilines is 1. The molecule has 2 N–H and O–H groups in total. The van der Waals surface area contributed by atoms with Crippen LogP contribution in [0.15, 0.2) is 24.3 Å². The van der Waals surface area contributed by atoms with Crippen LogP contribution in [0.2, 0.25) is 0 Å². The maximum absolute atomic E-state index is 12.2. The Balaban J connectivity index is 2.76. The Labute approximate surface area is 141 Å². The van der Waals surface area contributed by atoms with Crippen LogP contribution in [-0.2, 0) is 16.6 Å². The van der Waals surface area contributed by atoms with Crippen molar-refractivity contribution in [1.82, 2.24) is 4.90 Å². The second kappa shape index (κ2) is 9.03. The molecule has 130 valence electrons. The number of nitrogens with zero attached hydrogens (tertiary/aromatic N) is 1. The van der Waals surface area contributed by atoms with Crippen molar-refractivity contribution in [3.63, 3.8) is 0 Å². The summed E-state index contributed by atoms with van der Waals surface area (Å²) in [6.07, 6.45) is 0.831. The van der Waals surface area contributed by atoms with Gasteiger partial charge in [0.05, 0.1) is 6.61 Å². The number of aliphatic hydroxyl groups excluding tert-OH is 1. The van der Waals surface area contributed by atoms with Crippen LogP contribution in [0.1, 0.15) is 39.7 Å². The molecule has 0 heterocycles. The summed E-state index contributed by atoms with van der Waals surface area (Å²) in [4.78, 5) is 13.8. The van der Waals surface area contributed by atoms with Gasteiger partial charge in [0.2, 0.25) is 0 Å². The summed E-state index contributed by atoms with van der Waals surface area (Å²) < 4.78 is 12.0. The fourth-order valence-corrected chi connectivity index (χ4v) is 2.93. The van der Waals surface area contributed by atoms with Gasteiger partial charge < -0.3 is 15.3 Å². The first kappa shape index (κ1) is 19.6. The lowest BCUT2D eigenvalue weighted by atomic mass is 10.2. The average molecular weight is 340 g/mol. The molecular weight excluding hydrogens is 312 g/mol. The molecule has 0 radical (unpaired) electrons. The van der Waals surface area contributed by atoms with Gasteiger partial charge in [-0.15, -0.1) is 0 Å². The van der Waals surface area contributed by atoms with E-state index >= 15 is 0 Å². The monoisotopic (exact) mass is 340 g/mol. The van der Waals surface area contributed by atoms with Crippen LogP contribution in [-0.4, -0.2) is 44.7 Å². The molecule has 0 saturated carbocycles. The number of hydrogen-bond donors (Lipinski definition) is 2. The maximum Gasteiger partial charge on any atom is 0.321 e. The molecule has 1 atom stereocenters. The third-order valence-corrected chi connectivity index (χ3v) is 5.27. The summed E-state index contributed by atoms with van der Waals surface area (Å²) in [6, 6.07) is 7.20. The maximum atomic E-state index is 12.2. The summed E-state index contributed by atoms with van der Waals surface area (Å²) in [5, 5.41) is 11.9. The standard InChI is InChI=1S/C17H28N2O3S/c1-5-9-19(10-11-20)16(21)18-15-8-6-7-14(12-15)13-23(22)17(2,3)4/h6-8,12,20H,5,9-11,13H2,1-4H3,(H,18,21). The first-order valence-corrected chi connectivity index (χ1v) is 9.24. The molecule has 0 fully saturated rings. The molecule has 1 aromatic carbocycles. The SMILES string of the molecule is CCCN(CCO)C(=O)Nc1cccc(CS(=O)C(C)(C)C)c1. The number of carbonyl (C=O) groups excluding carboxylic acids is 1. The quantitative estimate of drug-likeness (QED) is 0.802. The van der Waals surface area contributed by atoms with Gasteiger partial charge >= 0.3 is 6.03 Å². The molecule has 1 aromatic rings. The molecule has 0 bridgehead atoms. The molecule has 0 aliphatic heterocycles. The van der Waals surface area contributed by atoms with E-state index in [-0.39, 0.29) is 17.4 Å². The lowest BCUT2D eigenvalue weighted by Gasteiger charge is -2.22. The molecule has 0 aliphatic carbocycles. The van der Waals surface area contributed by atoms with Crippen molar-refractivity contribution in [3.05, 3.63) is 29.8 Å². The topological polar surface area (TPSA) is 69.6 Å². The number of amides is 2. The van der Waals surface area contributed by atoms with Gasteiger partial charge in [0.15, 0.2) is 0 Å². The number of benzene rings is 1. The van der Waals surface area contributed by atoms with E-state index in [0.29, 0.717) is 24.5 Å². The first-order chi connectivity index (χ1) is 10.8. The Morgan fingerprint density at radius 2 is 2.00 bits per heavy atom. The van der Waals surface area contributed by atoms with E-state index < -0.39 is 10.8 Å². The largest absolute Gasteiger partial charge is 0.395 e. The zero-order valence-electron chi connectivity index (χ0n) is 14.5. The smallest absolute Gasteiger partial charge is 0.321 e. The first-order valence-electron chi connectivity index (χ1n) is 7.92.